The maximum absolute atomic E-state index is 12.1. The van der Waals surface area contributed by atoms with Gasteiger partial charge in [-0.15, -0.1) is 23.1 Å². The maximum Gasteiger partial charge on any atom is 0.411 e. The standard InChI is InChI=1S/C19H16N4O4S2/c1-11-10-28-17(20-11)18-22-15-7-4-13(8-16(15)29-18)21-19(24)27-9-12-2-5-14(6-3-12)23(25)26/h2-8,11H,9-10H2,1H3,(H,21,24)/t11-/m0/s1. The van der Waals surface area contributed by atoms with Crippen molar-refractivity contribution in [3.05, 3.63) is 63.1 Å². The number of nitro groups is 1. The van der Waals surface area contributed by atoms with Crippen molar-refractivity contribution in [2.24, 2.45) is 4.99 Å². The molecule has 8 nitrogen and oxygen atoms in total. The van der Waals surface area contributed by atoms with Crippen molar-refractivity contribution in [1.82, 2.24) is 4.98 Å². The van der Waals surface area contributed by atoms with Crippen LogP contribution in [0.5, 0.6) is 0 Å². The van der Waals surface area contributed by atoms with E-state index in [0.717, 1.165) is 26.0 Å². The Kier molecular flexibility index (Phi) is 5.45. The monoisotopic (exact) mass is 428 g/mol. The van der Waals surface area contributed by atoms with Gasteiger partial charge in [0.25, 0.3) is 5.69 Å². The van der Waals surface area contributed by atoms with Gasteiger partial charge in [0, 0.05) is 23.6 Å². The van der Waals surface area contributed by atoms with E-state index in [1.807, 2.05) is 12.1 Å². The zero-order valence-electron chi connectivity index (χ0n) is 15.3. The number of aromatic nitrogens is 1. The quantitative estimate of drug-likeness (QED) is 0.460. The molecule has 1 aromatic heterocycles. The Morgan fingerprint density at radius 3 is 2.79 bits per heavy atom. The number of carbonyl (C=O) groups is 1. The fraction of sp³-hybridized carbons (Fsp3) is 0.211. The number of anilines is 1. The summed E-state index contributed by atoms with van der Waals surface area (Å²) in [6, 6.07) is 11.6. The molecule has 0 unspecified atom stereocenters. The number of rotatable bonds is 5. The van der Waals surface area contributed by atoms with Gasteiger partial charge in [-0.2, -0.15) is 0 Å². The van der Waals surface area contributed by atoms with E-state index in [4.69, 9.17) is 4.74 Å². The number of thioether (sulfide) groups is 1. The van der Waals surface area contributed by atoms with Gasteiger partial charge in [-0.05, 0) is 42.8 Å². The number of hydrogen-bond acceptors (Lipinski definition) is 8. The van der Waals surface area contributed by atoms with Gasteiger partial charge in [0.2, 0.25) is 0 Å². The average Bonchev–Trinajstić information content (AvgIpc) is 3.32. The Bertz CT molecular complexity index is 1110. The summed E-state index contributed by atoms with van der Waals surface area (Å²) < 4.78 is 6.14. The van der Waals surface area contributed by atoms with Crippen LogP contribution < -0.4 is 5.32 Å². The molecule has 0 bridgehead atoms. The third-order valence-electron chi connectivity index (χ3n) is 4.13. The highest BCUT2D eigenvalue weighted by Crippen LogP contribution is 2.31. The first kappa shape index (κ1) is 19.3. The van der Waals surface area contributed by atoms with E-state index in [1.54, 1.807) is 41.3 Å². The van der Waals surface area contributed by atoms with Gasteiger partial charge in [-0.25, -0.2) is 9.78 Å². The molecule has 0 radical (unpaired) electrons. The molecular weight excluding hydrogens is 412 g/mol. The van der Waals surface area contributed by atoms with Crippen LogP contribution in [0.15, 0.2) is 47.5 Å². The molecule has 0 aliphatic carbocycles. The normalized spacial score (nSPS) is 15.9. The van der Waals surface area contributed by atoms with E-state index in [1.165, 1.54) is 12.1 Å². The van der Waals surface area contributed by atoms with E-state index in [0.29, 0.717) is 17.3 Å². The molecule has 0 saturated heterocycles. The summed E-state index contributed by atoms with van der Waals surface area (Å²) in [5.41, 5.74) is 2.12. The lowest BCUT2D eigenvalue weighted by atomic mass is 10.2. The van der Waals surface area contributed by atoms with Crippen molar-refractivity contribution in [1.29, 1.82) is 0 Å². The molecule has 1 aliphatic rings. The van der Waals surface area contributed by atoms with Crippen LogP contribution in [0.2, 0.25) is 0 Å². The Morgan fingerprint density at radius 1 is 1.31 bits per heavy atom. The first-order valence-corrected chi connectivity index (χ1v) is 10.6. The average molecular weight is 428 g/mol. The molecule has 2 aromatic carbocycles. The summed E-state index contributed by atoms with van der Waals surface area (Å²) in [4.78, 5) is 31.5. The number of aliphatic imine (C=N–C) groups is 1. The number of ether oxygens (including phenoxy) is 1. The summed E-state index contributed by atoms with van der Waals surface area (Å²) in [5, 5.41) is 15.2. The Morgan fingerprint density at radius 2 is 2.10 bits per heavy atom. The topological polar surface area (TPSA) is 107 Å². The van der Waals surface area contributed by atoms with Crippen molar-refractivity contribution < 1.29 is 14.5 Å². The lowest BCUT2D eigenvalue weighted by Crippen LogP contribution is -2.13. The van der Waals surface area contributed by atoms with Crippen LogP contribution in [0.25, 0.3) is 10.2 Å². The lowest BCUT2D eigenvalue weighted by Gasteiger charge is -2.07. The summed E-state index contributed by atoms with van der Waals surface area (Å²) in [6.07, 6.45) is -0.600. The molecule has 4 rings (SSSR count). The SMILES string of the molecule is C[C@H]1CSC(c2nc3ccc(NC(=O)OCc4ccc([N+](=O)[O-])cc4)cc3s2)=N1. The first-order chi connectivity index (χ1) is 14.0. The Labute approximate surface area is 174 Å². The van der Waals surface area contributed by atoms with Gasteiger partial charge in [0.05, 0.1) is 21.2 Å². The number of nitro benzene ring substituents is 1. The summed E-state index contributed by atoms with van der Waals surface area (Å²) in [5.74, 6) is 0.971. The van der Waals surface area contributed by atoms with Gasteiger partial charge in [-0.1, -0.05) is 0 Å². The van der Waals surface area contributed by atoms with E-state index >= 15 is 0 Å². The molecule has 0 spiro atoms. The summed E-state index contributed by atoms with van der Waals surface area (Å²) in [6.45, 7) is 2.10. The van der Waals surface area contributed by atoms with Crippen LogP contribution in [-0.2, 0) is 11.3 Å². The first-order valence-electron chi connectivity index (χ1n) is 8.76. The van der Waals surface area contributed by atoms with Crippen molar-refractivity contribution in [3.8, 4) is 0 Å². The highest BCUT2D eigenvalue weighted by Gasteiger charge is 2.19. The fourth-order valence-corrected chi connectivity index (χ4v) is 4.80. The molecule has 1 amide bonds. The number of amides is 1. The minimum Gasteiger partial charge on any atom is -0.444 e. The van der Waals surface area contributed by atoms with Crippen LogP contribution in [0, 0.1) is 10.1 Å². The van der Waals surface area contributed by atoms with E-state index in [9.17, 15) is 14.9 Å². The number of nitrogens with zero attached hydrogens (tertiary/aromatic N) is 3. The predicted molar refractivity (Wildman–Crippen MR) is 115 cm³/mol. The molecule has 0 fully saturated rings. The smallest absolute Gasteiger partial charge is 0.411 e. The number of nitrogens with one attached hydrogen (secondary N) is 1. The highest BCUT2D eigenvalue weighted by atomic mass is 32.2. The van der Waals surface area contributed by atoms with Crippen LogP contribution in [0.3, 0.4) is 0 Å². The lowest BCUT2D eigenvalue weighted by molar-refractivity contribution is -0.384. The molecule has 29 heavy (non-hydrogen) atoms. The van der Waals surface area contributed by atoms with Crippen molar-refractivity contribution in [3.63, 3.8) is 0 Å². The molecule has 1 atom stereocenters. The second-order valence-electron chi connectivity index (χ2n) is 6.42. The van der Waals surface area contributed by atoms with Gasteiger partial charge in [-0.3, -0.25) is 20.4 Å². The number of carbonyl (C=O) groups excluding carboxylic acids is 1. The summed E-state index contributed by atoms with van der Waals surface area (Å²) in [7, 11) is 0. The second-order valence-corrected chi connectivity index (χ2v) is 8.46. The predicted octanol–water partition coefficient (Wildman–Crippen LogP) is 4.84. The number of hydrogen-bond donors (Lipinski definition) is 1. The minimum absolute atomic E-state index is 0.00754. The van der Waals surface area contributed by atoms with E-state index in [2.05, 4.69) is 22.2 Å². The molecule has 1 N–H and O–H groups in total. The zero-order valence-corrected chi connectivity index (χ0v) is 17.0. The number of thiazole rings is 1. The van der Waals surface area contributed by atoms with E-state index < -0.39 is 11.0 Å². The van der Waals surface area contributed by atoms with Crippen molar-refractivity contribution in [2.45, 2.75) is 19.6 Å². The molecule has 148 valence electrons. The molecule has 0 saturated carbocycles. The van der Waals surface area contributed by atoms with Crippen LogP contribution in [0.4, 0.5) is 16.2 Å². The zero-order chi connectivity index (χ0) is 20.4. The van der Waals surface area contributed by atoms with Crippen molar-refractivity contribution in [2.75, 3.05) is 11.1 Å². The highest BCUT2D eigenvalue weighted by molar-refractivity contribution is 8.15. The maximum atomic E-state index is 12.1. The van der Waals surface area contributed by atoms with Gasteiger partial charge < -0.3 is 4.74 Å². The molecule has 1 aliphatic heterocycles. The summed E-state index contributed by atoms with van der Waals surface area (Å²) >= 11 is 3.25. The van der Waals surface area contributed by atoms with Gasteiger partial charge >= 0.3 is 6.09 Å². The largest absolute Gasteiger partial charge is 0.444 e. The Hall–Kier alpha value is -2.98. The van der Waals surface area contributed by atoms with Crippen LogP contribution in [-0.4, -0.2) is 32.8 Å². The van der Waals surface area contributed by atoms with Gasteiger partial charge in [0.1, 0.15) is 16.7 Å². The third kappa shape index (κ3) is 4.54. The molecule has 3 aromatic rings. The number of benzene rings is 2. The van der Waals surface area contributed by atoms with Crippen molar-refractivity contribution >= 4 is 55.8 Å². The number of non-ortho nitro benzene ring substituents is 1. The third-order valence-corrected chi connectivity index (χ3v) is 6.51. The molecular formula is C19H16N4O4S2. The van der Waals surface area contributed by atoms with E-state index in [-0.39, 0.29) is 12.3 Å². The Balaban J connectivity index is 1.38. The fourth-order valence-electron chi connectivity index (χ4n) is 2.70. The number of fused-ring (bicyclic) bond motifs is 1. The molecule has 2 heterocycles. The van der Waals surface area contributed by atoms with Crippen LogP contribution in [0.1, 0.15) is 17.5 Å². The molecule has 10 heteroatoms. The second kappa shape index (κ2) is 8.18. The minimum atomic E-state index is -0.600. The van der Waals surface area contributed by atoms with Crippen LogP contribution >= 0.6 is 23.1 Å². The van der Waals surface area contributed by atoms with Gasteiger partial charge in [0.15, 0.2) is 0 Å².